The highest BCUT2D eigenvalue weighted by molar-refractivity contribution is 5.53. The van der Waals surface area contributed by atoms with Gasteiger partial charge in [-0.15, -0.1) is 0 Å². The van der Waals surface area contributed by atoms with Crippen LogP contribution in [0.3, 0.4) is 0 Å². The summed E-state index contributed by atoms with van der Waals surface area (Å²) in [6, 6.07) is 7.11. The van der Waals surface area contributed by atoms with Gasteiger partial charge in [-0.3, -0.25) is 0 Å². The average molecular weight is 316 g/mol. The molecule has 0 spiro atoms. The van der Waals surface area contributed by atoms with E-state index in [1.54, 1.807) is 18.2 Å². The summed E-state index contributed by atoms with van der Waals surface area (Å²) in [5, 5.41) is 28.7. The number of phenols is 1. The number of aliphatic hydroxyl groups is 2. The second-order valence-corrected chi connectivity index (χ2v) is 5.82. The number of rotatable bonds is 9. The molecule has 0 aliphatic carbocycles. The van der Waals surface area contributed by atoms with Crippen LogP contribution in [0, 0.1) is 0 Å². The van der Waals surface area contributed by atoms with Gasteiger partial charge < -0.3 is 15.3 Å². The molecule has 0 fully saturated rings. The van der Waals surface area contributed by atoms with Crippen molar-refractivity contribution >= 4 is 6.08 Å². The fourth-order valence-corrected chi connectivity index (χ4v) is 2.57. The molecule has 1 atom stereocenters. The van der Waals surface area contributed by atoms with E-state index >= 15 is 0 Å². The normalized spacial score (nSPS) is 13.9. The van der Waals surface area contributed by atoms with Crippen LogP contribution < -0.4 is 0 Å². The first kappa shape index (κ1) is 19.2. The van der Waals surface area contributed by atoms with E-state index in [1.165, 1.54) is 5.57 Å². The van der Waals surface area contributed by atoms with Crippen molar-refractivity contribution in [1.29, 1.82) is 0 Å². The molecule has 3 heteroatoms. The van der Waals surface area contributed by atoms with Crippen LogP contribution in [0.4, 0.5) is 0 Å². The molecule has 0 saturated carbocycles. The molecule has 1 rings (SSSR count). The first-order chi connectivity index (χ1) is 11.0. The molecule has 0 bridgehead atoms. The predicted octanol–water partition coefficient (Wildman–Crippen LogP) is 4.21. The quantitative estimate of drug-likeness (QED) is 0.598. The molecular weight excluding hydrogens is 288 g/mol. The molecule has 0 saturated heterocycles. The third-order valence-electron chi connectivity index (χ3n) is 3.74. The van der Waals surface area contributed by atoms with Crippen LogP contribution in [0.25, 0.3) is 6.08 Å². The van der Waals surface area contributed by atoms with Gasteiger partial charge in [-0.25, -0.2) is 0 Å². The first-order valence-corrected chi connectivity index (χ1v) is 8.11. The van der Waals surface area contributed by atoms with Crippen molar-refractivity contribution in [1.82, 2.24) is 0 Å². The van der Waals surface area contributed by atoms with Crippen molar-refractivity contribution in [2.24, 2.45) is 0 Å². The fraction of sp³-hybridized carbons (Fsp3) is 0.400. The molecule has 126 valence electrons. The van der Waals surface area contributed by atoms with Gasteiger partial charge in [-0.1, -0.05) is 55.4 Å². The van der Waals surface area contributed by atoms with Crippen LogP contribution in [-0.4, -0.2) is 28.0 Å². The minimum atomic E-state index is -0.611. The van der Waals surface area contributed by atoms with Crippen LogP contribution in [0.15, 0.2) is 53.6 Å². The molecule has 1 unspecified atom stereocenters. The van der Waals surface area contributed by atoms with Crippen molar-refractivity contribution in [2.45, 2.75) is 45.6 Å². The number of hydrogen-bond donors (Lipinski definition) is 3. The van der Waals surface area contributed by atoms with Gasteiger partial charge in [-0.2, -0.15) is 0 Å². The van der Waals surface area contributed by atoms with Crippen LogP contribution in [0.2, 0.25) is 0 Å². The molecule has 0 heterocycles. The Kier molecular flexibility index (Phi) is 8.38. The lowest BCUT2D eigenvalue weighted by Gasteiger charge is -2.16. The zero-order valence-electron chi connectivity index (χ0n) is 14.1. The minimum absolute atomic E-state index is 0.0928. The van der Waals surface area contributed by atoms with Gasteiger partial charge in [0.15, 0.2) is 0 Å². The minimum Gasteiger partial charge on any atom is -0.508 e. The zero-order chi connectivity index (χ0) is 17.2. The Morgan fingerprint density at radius 1 is 1.22 bits per heavy atom. The summed E-state index contributed by atoms with van der Waals surface area (Å²) in [6.45, 7) is 7.73. The summed E-state index contributed by atoms with van der Waals surface area (Å²) in [5.74, 6) is 0.259. The number of benzene rings is 1. The zero-order valence-corrected chi connectivity index (χ0v) is 14.1. The standard InChI is InChI=1S/C20H28O3/c1-4-5-16(14-17-6-9-18(22)10-7-17)8-11-20(23)19(12-13-21)15(2)3/h6-7,9-10,12,14,20-23H,2,4-5,8,11,13H2,1,3H3/b16-14+,19-12-. The van der Waals surface area contributed by atoms with E-state index in [4.69, 9.17) is 5.11 Å². The molecule has 3 N–H and O–H groups in total. The molecule has 1 aromatic rings. The molecule has 0 aliphatic heterocycles. The van der Waals surface area contributed by atoms with Crippen LogP contribution in [-0.2, 0) is 0 Å². The lowest BCUT2D eigenvalue weighted by Crippen LogP contribution is -2.12. The maximum Gasteiger partial charge on any atom is 0.115 e. The summed E-state index contributed by atoms with van der Waals surface area (Å²) < 4.78 is 0. The van der Waals surface area contributed by atoms with E-state index in [-0.39, 0.29) is 12.4 Å². The molecule has 0 amide bonds. The van der Waals surface area contributed by atoms with E-state index in [0.29, 0.717) is 12.0 Å². The van der Waals surface area contributed by atoms with E-state index in [2.05, 4.69) is 19.6 Å². The van der Waals surface area contributed by atoms with E-state index in [9.17, 15) is 10.2 Å². The molecule has 3 nitrogen and oxygen atoms in total. The van der Waals surface area contributed by atoms with Crippen LogP contribution >= 0.6 is 0 Å². The van der Waals surface area contributed by atoms with Gasteiger partial charge in [0.1, 0.15) is 5.75 Å². The highest BCUT2D eigenvalue weighted by atomic mass is 16.3. The first-order valence-electron chi connectivity index (χ1n) is 8.11. The van der Waals surface area contributed by atoms with Gasteiger partial charge in [0.2, 0.25) is 0 Å². The SMILES string of the molecule is C=C(C)/C(=C/CO)C(O)CC/C(=C/c1ccc(O)cc1)CCC. The van der Waals surface area contributed by atoms with E-state index in [1.807, 2.05) is 19.1 Å². The number of aromatic hydroxyl groups is 1. The fourth-order valence-electron chi connectivity index (χ4n) is 2.57. The topological polar surface area (TPSA) is 60.7 Å². The molecule has 23 heavy (non-hydrogen) atoms. The number of hydrogen-bond acceptors (Lipinski definition) is 3. The average Bonchev–Trinajstić information content (AvgIpc) is 2.52. The van der Waals surface area contributed by atoms with Gasteiger partial charge in [0.25, 0.3) is 0 Å². The second kappa shape index (κ2) is 10.0. The summed E-state index contributed by atoms with van der Waals surface area (Å²) in [5.41, 5.74) is 3.81. The smallest absolute Gasteiger partial charge is 0.115 e. The third kappa shape index (κ3) is 6.85. The monoisotopic (exact) mass is 316 g/mol. The molecule has 0 radical (unpaired) electrons. The number of aliphatic hydroxyl groups excluding tert-OH is 2. The highest BCUT2D eigenvalue weighted by Gasteiger charge is 2.12. The van der Waals surface area contributed by atoms with Crippen LogP contribution in [0.5, 0.6) is 5.75 Å². The van der Waals surface area contributed by atoms with Crippen molar-refractivity contribution in [3.63, 3.8) is 0 Å². The Bertz CT molecular complexity index is 553. The molecule has 1 aromatic carbocycles. The number of phenolic OH excluding ortho intramolecular Hbond substituents is 1. The lowest BCUT2D eigenvalue weighted by molar-refractivity contribution is 0.201. The Labute approximate surface area is 139 Å². The van der Waals surface area contributed by atoms with Gasteiger partial charge in [-0.05, 0) is 49.5 Å². The van der Waals surface area contributed by atoms with Gasteiger partial charge >= 0.3 is 0 Å². The predicted molar refractivity (Wildman–Crippen MR) is 96.2 cm³/mol. The summed E-state index contributed by atoms with van der Waals surface area (Å²) in [7, 11) is 0. The van der Waals surface area contributed by atoms with Crippen molar-refractivity contribution in [2.75, 3.05) is 6.61 Å². The second-order valence-electron chi connectivity index (χ2n) is 5.82. The van der Waals surface area contributed by atoms with Gasteiger partial charge in [0, 0.05) is 0 Å². The lowest BCUT2D eigenvalue weighted by atomic mass is 9.94. The number of allylic oxidation sites excluding steroid dienone is 1. The Morgan fingerprint density at radius 2 is 1.87 bits per heavy atom. The highest BCUT2D eigenvalue weighted by Crippen LogP contribution is 2.23. The molecule has 0 aromatic heterocycles. The van der Waals surface area contributed by atoms with Crippen molar-refractivity contribution < 1.29 is 15.3 Å². The maximum absolute atomic E-state index is 10.3. The summed E-state index contributed by atoms with van der Waals surface area (Å²) >= 11 is 0. The summed E-state index contributed by atoms with van der Waals surface area (Å²) in [6.07, 6.45) is 6.52. The molecule has 0 aliphatic rings. The largest absolute Gasteiger partial charge is 0.508 e. The van der Waals surface area contributed by atoms with E-state index in [0.717, 1.165) is 30.4 Å². The van der Waals surface area contributed by atoms with Gasteiger partial charge in [0.05, 0.1) is 12.7 Å². The Balaban J connectivity index is 2.78. The van der Waals surface area contributed by atoms with Crippen LogP contribution in [0.1, 0.15) is 45.1 Å². The van der Waals surface area contributed by atoms with E-state index < -0.39 is 6.10 Å². The maximum atomic E-state index is 10.3. The summed E-state index contributed by atoms with van der Waals surface area (Å²) in [4.78, 5) is 0. The van der Waals surface area contributed by atoms with Crippen molar-refractivity contribution in [3.8, 4) is 5.75 Å². The Morgan fingerprint density at radius 3 is 2.39 bits per heavy atom. The van der Waals surface area contributed by atoms with Crippen molar-refractivity contribution in [3.05, 3.63) is 59.2 Å². The molecular formula is C20H28O3. The Hall–Kier alpha value is -1.84. The third-order valence-corrected chi connectivity index (χ3v) is 3.74.